The molecule has 11 heteroatoms. The third-order valence-electron chi connectivity index (χ3n) is 4.98. The van der Waals surface area contributed by atoms with E-state index >= 15 is 0 Å². The highest BCUT2D eigenvalue weighted by molar-refractivity contribution is 7.18. The van der Waals surface area contributed by atoms with Crippen molar-refractivity contribution in [2.24, 2.45) is 0 Å². The second-order valence-corrected chi connectivity index (χ2v) is 8.89. The minimum Gasteiger partial charge on any atom is -0.462 e. The summed E-state index contributed by atoms with van der Waals surface area (Å²) >= 11 is 0.983. The summed E-state index contributed by atoms with van der Waals surface area (Å²) in [5, 5.41) is 6.73. The van der Waals surface area contributed by atoms with Crippen molar-refractivity contribution in [2.45, 2.75) is 52.0 Å². The number of amides is 2. The van der Waals surface area contributed by atoms with Gasteiger partial charge in [0.25, 0.3) is 12.3 Å². The minimum absolute atomic E-state index is 0.121. The fourth-order valence-electron chi connectivity index (χ4n) is 3.22. The maximum atomic E-state index is 13.1. The number of esters is 1. The molecule has 2 aromatic rings. The number of hydrogen-bond acceptors (Lipinski definition) is 6. The lowest BCUT2D eigenvalue weighted by molar-refractivity contribution is -0.116. The third-order valence-corrected chi connectivity index (χ3v) is 6.18. The Hall–Kier alpha value is -2.82. The van der Waals surface area contributed by atoms with Crippen molar-refractivity contribution in [3.8, 4) is 0 Å². The first-order valence-electron chi connectivity index (χ1n) is 10.3. The molecule has 0 atom stereocenters. The molecule has 1 aliphatic carbocycles. The molecule has 1 N–H and O–H groups in total. The number of nitrogens with zero attached hydrogens (tertiary/aromatic N) is 3. The summed E-state index contributed by atoms with van der Waals surface area (Å²) in [4.78, 5) is 39.6. The number of carbonyl (C=O) groups excluding carboxylic acids is 3. The molecule has 174 valence electrons. The van der Waals surface area contributed by atoms with E-state index in [0.717, 1.165) is 24.2 Å². The number of alkyl halides is 2. The van der Waals surface area contributed by atoms with Crippen LogP contribution in [0.3, 0.4) is 0 Å². The SMILES string of the molecule is CCCOC(=O)c1c(NC(=O)Cn2nc(C(F)F)cc2C2CC2)sc(C(=O)N(C)C)c1C. The average molecular weight is 469 g/mol. The molecule has 2 amide bonds. The van der Waals surface area contributed by atoms with Gasteiger partial charge in [-0.1, -0.05) is 6.92 Å². The highest BCUT2D eigenvalue weighted by Gasteiger charge is 2.31. The van der Waals surface area contributed by atoms with E-state index < -0.39 is 18.3 Å². The number of halogens is 2. The van der Waals surface area contributed by atoms with E-state index in [-0.39, 0.29) is 41.2 Å². The number of carbonyl (C=O) groups is 3. The zero-order chi connectivity index (χ0) is 23.6. The molecule has 1 aliphatic rings. The second kappa shape index (κ2) is 9.76. The quantitative estimate of drug-likeness (QED) is 0.562. The van der Waals surface area contributed by atoms with Crippen molar-refractivity contribution in [2.75, 3.05) is 26.0 Å². The van der Waals surface area contributed by atoms with Crippen molar-refractivity contribution in [3.63, 3.8) is 0 Å². The number of hydrogen-bond donors (Lipinski definition) is 1. The molecule has 32 heavy (non-hydrogen) atoms. The van der Waals surface area contributed by atoms with E-state index in [1.165, 1.54) is 15.6 Å². The van der Waals surface area contributed by atoms with Crippen LogP contribution in [-0.2, 0) is 16.1 Å². The van der Waals surface area contributed by atoms with Crippen molar-refractivity contribution in [3.05, 3.63) is 33.5 Å². The number of ether oxygens (including phenoxy) is 1. The Labute approximate surface area is 188 Å². The topological polar surface area (TPSA) is 93.5 Å². The molecule has 0 saturated heterocycles. The number of anilines is 1. The standard InChI is InChI=1S/C21H26F2N4O4S/c1-5-8-31-21(30)16-11(2)17(20(29)26(3)4)32-19(16)24-15(28)10-27-14(12-6-7-12)9-13(25-27)18(22)23/h9,12,18H,5-8,10H2,1-4H3,(H,24,28). The molecule has 1 saturated carbocycles. The maximum Gasteiger partial charge on any atom is 0.341 e. The molecule has 2 heterocycles. The van der Waals surface area contributed by atoms with Crippen molar-refractivity contribution < 1.29 is 27.9 Å². The second-order valence-electron chi connectivity index (χ2n) is 7.87. The highest BCUT2D eigenvalue weighted by atomic mass is 32.1. The number of aromatic nitrogens is 2. The Bertz CT molecular complexity index is 1030. The maximum absolute atomic E-state index is 13.1. The van der Waals surface area contributed by atoms with Crippen LogP contribution < -0.4 is 5.32 Å². The van der Waals surface area contributed by atoms with E-state index in [2.05, 4.69) is 10.4 Å². The van der Waals surface area contributed by atoms with Crippen molar-refractivity contribution in [1.82, 2.24) is 14.7 Å². The Kier molecular flexibility index (Phi) is 7.27. The van der Waals surface area contributed by atoms with Crippen LogP contribution in [0.5, 0.6) is 0 Å². The lowest BCUT2D eigenvalue weighted by Gasteiger charge is -2.09. The molecule has 0 unspecified atom stereocenters. The monoisotopic (exact) mass is 468 g/mol. The largest absolute Gasteiger partial charge is 0.462 e. The summed E-state index contributed by atoms with van der Waals surface area (Å²) in [7, 11) is 3.18. The van der Waals surface area contributed by atoms with E-state index in [4.69, 9.17) is 4.74 Å². The molecule has 0 aromatic carbocycles. The van der Waals surface area contributed by atoms with Gasteiger partial charge in [0, 0.05) is 25.7 Å². The Morgan fingerprint density at radius 1 is 1.34 bits per heavy atom. The molecule has 8 nitrogen and oxygen atoms in total. The molecular weight excluding hydrogens is 442 g/mol. The van der Waals surface area contributed by atoms with Crippen LogP contribution in [0, 0.1) is 6.92 Å². The molecule has 0 spiro atoms. The first-order chi connectivity index (χ1) is 15.1. The first kappa shape index (κ1) is 23.8. The van der Waals surface area contributed by atoms with E-state index in [1.54, 1.807) is 21.0 Å². The van der Waals surface area contributed by atoms with Gasteiger partial charge >= 0.3 is 5.97 Å². The van der Waals surface area contributed by atoms with Gasteiger partial charge in [-0.15, -0.1) is 11.3 Å². The van der Waals surface area contributed by atoms with Gasteiger partial charge in [-0.2, -0.15) is 5.10 Å². The minimum atomic E-state index is -2.73. The van der Waals surface area contributed by atoms with Crippen LogP contribution in [0.2, 0.25) is 0 Å². The summed E-state index contributed by atoms with van der Waals surface area (Å²) in [5.41, 5.74) is 0.777. The van der Waals surface area contributed by atoms with Crippen LogP contribution in [0.4, 0.5) is 13.8 Å². The molecule has 0 radical (unpaired) electrons. The fraction of sp³-hybridized carbons (Fsp3) is 0.524. The van der Waals surface area contributed by atoms with Gasteiger partial charge in [-0.3, -0.25) is 14.3 Å². The van der Waals surface area contributed by atoms with Gasteiger partial charge in [-0.05, 0) is 37.8 Å². The van der Waals surface area contributed by atoms with Crippen molar-refractivity contribution in [1.29, 1.82) is 0 Å². The van der Waals surface area contributed by atoms with E-state index in [0.29, 0.717) is 22.6 Å². The van der Waals surface area contributed by atoms with Gasteiger partial charge in [0.15, 0.2) is 0 Å². The number of nitrogens with one attached hydrogen (secondary N) is 1. The van der Waals surface area contributed by atoms with Crippen LogP contribution >= 0.6 is 11.3 Å². The van der Waals surface area contributed by atoms with Gasteiger partial charge < -0.3 is 15.0 Å². The lowest BCUT2D eigenvalue weighted by atomic mass is 10.1. The normalized spacial score (nSPS) is 13.3. The zero-order valence-electron chi connectivity index (χ0n) is 18.4. The summed E-state index contributed by atoms with van der Waals surface area (Å²) in [6, 6.07) is 1.34. The molecule has 1 fully saturated rings. The molecular formula is C21H26F2N4O4S. The first-order valence-corrected chi connectivity index (χ1v) is 11.1. The van der Waals surface area contributed by atoms with Crippen LogP contribution in [0.25, 0.3) is 0 Å². The zero-order valence-corrected chi connectivity index (χ0v) is 19.2. The van der Waals surface area contributed by atoms with Crippen molar-refractivity contribution >= 4 is 34.1 Å². The van der Waals surface area contributed by atoms with E-state index in [9.17, 15) is 23.2 Å². The third kappa shape index (κ3) is 5.14. The van der Waals surface area contributed by atoms with Gasteiger partial charge in [0.1, 0.15) is 17.2 Å². The lowest BCUT2D eigenvalue weighted by Crippen LogP contribution is -2.22. The van der Waals surface area contributed by atoms with Gasteiger partial charge in [-0.25, -0.2) is 13.6 Å². The predicted molar refractivity (Wildman–Crippen MR) is 115 cm³/mol. The average Bonchev–Trinajstić information content (AvgIpc) is 3.41. The smallest absolute Gasteiger partial charge is 0.341 e. The fourth-order valence-corrected chi connectivity index (χ4v) is 4.45. The molecule has 0 bridgehead atoms. The number of thiophene rings is 1. The van der Waals surface area contributed by atoms with Crippen LogP contribution in [0.1, 0.15) is 75.5 Å². The molecule has 2 aromatic heterocycles. The Morgan fingerprint density at radius 3 is 2.59 bits per heavy atom. The van der Waals surface area contributed by atoms with Crippen LogP contribution in [-0.4, -0.2) is 53.2 Å². The summed E-state index contributed by atoms with van der Waals surface area (Å²) in [6.45, 7) is 3.40. The van der Waals surface area contributed by atoms with E-state index in [1.807, 2.05) is 6.92 Å². The highest BCUT2D eigenvalue weighted by Crippen LogP contribution is 2.41. The summed E-state index contributed by atoms with van der Waals surface area (Å²) in [5.74, 6) is -1.35. The van der Waals surface area contributed by atoms with Gasteiger partial charge in [0.05, 0.1) is 17.0 Å². The summed E-state index contributed by atoms with van der Waals surface area (Å²) in [6.07, 6.45) is -0.376. The number of rotatable bonds is 9. The molecule has 0 aliphatic heterocycles. The Morgan fingerprint density at radius 2 is 2.03 bits per heavy atom. The summed E-state index contributed by atoms with van der Waals surface area (Å²) < 4.78 is 32.7. The van der Waals surface area contributed by atoms with Crippen LogP contribution in [0.15, 0.2) is 6.07 Å². The Balaban J connectivity index is 1.87. The molecule has 3 rings (SSSR count). The predicted octanol–water partition coefficient (Wildman–Crippen LogP) is 3.98. The van der Waals surface area contributed by atoms with Gasteiger partial charge in [0.2, 0.25) is 5.91 Å².